The van der Waals surface area contributed by atoms with Crippen LogP contribution in [0.1, 0.15) is 40.0 Å². The molecule has 1 fully saturated rings. The summed E-state index contributed by atoms with van der Waals surface area (Å²) in [5.41, 5.74) is 0. The molecular formula is C9H21NO. The number of rotatable bonds is 1. The van der Waals surface area contributed by atoms with Crippen molar-refractivity contribution in [3.63, 3.8) is 0 Å². The van der Waals surface area contributed by atoms with Crippen molar-refractivity contribution >= 4 is 0 Å². The van der Waals surface area contributed by atoms with Crippen molar-refractivity contribution in [1.82, 2.24) is 5.32 Å². The monoisotopic (exact) mass is 159 g/mol. The van der Waals surface area contributed by atoms with Gasteiger partial charge in [0.1, 0.15) is 6.23 Å². The van der Waals surface area contributed by atoms with Crippen LogP contribution in [0.25, 0.3) is 0 Å². The van der Waals surface area contributed by atoms with E-state index in [1.807, 2.05) is 13.8 Å². The van der Waals surface area contributed by atoms with Gasteiger partial charge in [-0.25, -0.2) is 0 Å². The highest BCUT2D eigenvalue weighted by atomic mass is 16.5. The zero-order chi connectivity index (χ0) is 8.53. The molecule has 1 heterocycles. The molecule has 0 aromatic heterocycles. The van der Waals surface area contributed by atoms with E-state index < -0.39 is 0 Å². The molecule has 1 rings (SSSR count). The summed E-state index contributed by atoms with van der Waals surface area (Å²) < 4.78 is 5.44. The fourth-order valence-electron chi connectivity index (χ4n) is 1.04. The number of nitrogens with one attached hydrogen (secondary N) is 1. The molecule has 0 radical (unpaired) electrons. The molecular weight excluding hydrogens is 138 g/mol. The minimum Gasteiger partial charge on any atom is -0.363 e. The summed E-state index contributed by atoms with van der Waals surface area (Å²) in [7, 11) is 0. The molecule has 11 heavy (non-hydrogen) atoms. The Bertz CT molecular complexity index is 68.0. The Kier molecular flexibility index (Phi) is 7.96. The van der Waals surface area contributed by atoms with E-state index in [1.54, 1.807) is 0 Å². The highest BCUT2D eigenvalue weighted by Gasteiger charge is 2.07. The zero-order valence-corrected chi connectivity index (χ0v) is 8.02. The second kappa shape index (κ2) is 8.02. The molecule has 68 valence electrons. The normalized spacial score (nSPS) is 24.8. The molecule has 0 aliphatic carbocycles. The van der Waals surface area contributed by atoms with Gasteiger partial charge >= 0.3 is 0 Å². The van der Waals surface area contributed by atoms with Crippen LogP contribution in [-0.4, -0.2) is 19.4 Å². The molecule has 0 amide bonds. The second-order valence-corrected chi connectivity index (χ2v) is 2.43. The first-order chi connectivity index (χ1) is 5.43. The van der Waals surface area contributed by atoms with Gasteiger partial charge in [0.15, 0.2) is 0 Å². The average molecular weight is 159 g/mol. The molecule has 1 N–H and O–H groups in total. The maximum absolute atomic E-state index is 5.44. The second-order valence-electron chi connectivity index (χ2n) is 2.43. The van der Waals surface area contributed by atoms with Crippen molar-refractivity contribution in [1.29, 1.82) is 0 Å². The van der Waals surface area contributed by atoms with E-state index in [4.69, 9.17) is 4.74 Å². The van der Waals surface area contributed by atoms with Crippen molar-refractivity contribution in [2.75, 3.05) is 13.2 Å². The molecule has 0 aromatic carbocycles. The maximum Gasteiger partial charge on any atom is 0.107 e. The van der Waals surface area contributed by atoms with Gasteiger partial charge in [-0.2, -0.15) is 0 Å². The fraction of sp³-hybridized carbons (Fsp3) is 1.00. The summed E-state index contributed by atoms with van der Waals surface area (Å²) in [6, 6.07) is 0. The van der Waals surface area contributed by atoms with E-state index >= 15 is 0 Å². The van der Waals surface area contributed by atoms with Gasteiger partial charge in [-0.3, -0.25) is 5.32 Å². The molecule has 1 saturated heterocycles. The first-order valence-corrected chi connectivity index (χ1v) is 4.78. The Morgan fingerprint density at radius 2 is 2.09 bits per heavy atom. The first-order valence-electron chi connectivity index (χ1n) is 4.78. The molecule has 0 spiro atoms. The third kappa shape index (κ3) is 5.22. The molecule has 1 atom stereocenters. The number of hydrogen-bond acceptors (Lipinski definition) is 2. The largest absolute Gasteiger partial charge is 0.363 e. The van der Waals surface area contributed by atoms with Crippen molar-refractivity contribution in [3.8, 4) is 0 Å². The molecule has 0 bridgehead atoms. The standard InChI is InChI=1S/C7H15NO.C2H6/c1-2-7-8-5-3-4-6-9-7;1-2/h7-8H,2-6H2,1H3;1-2H3. The first kappa shape index (κ1) is 10.9. The van der Waals surface area contributed by atoms with Crippen molar-refractivity contribution in [3.05, 3.63) is 0 Å². The molecule has 0 aromatic rings. The van der Waals surface area contributed by atoms with Crippen molar-refractivity contribution in [2.24, 2.45) is 0 Å². The third-order valence-electron chi connectivity index (χ3n) is 1.63. The average Bonchev–Trinajstić information content (AvgIpc) is 2.35. The summed E-state index contributed by atoms with van der Waals surface area (Å²) in [4.78, 5) is 0. The molecule has 1 unspecified atom stereocenters. The topological polar surface area (TPSA) is 21.3 Å². The Morgan fingerprint density at radius 3 is 2.73 bits per heavy atom. The molecule has 1 aliphatic rings. The van der Waals surface area contributed by atoms with Crippen molar-refractivity contribution < 1.29 is 4.74 Å². The van der Waals surface area contributed by atoms with Gasteiger partial charge in [0.05, 0.1) is 0 Å². The van der Waals surface area contributed by atoms with E-state index in [0.29, 0.717) is 6.23 Å². The van der Waals surface area contributed by atoms with E-state index in [2.05, 4.69) is 12.2 Å². The third-order valence-corrected chi connectivity index (χ3v) is 1.63. The highest BCUT2D eigenvalue weighted by Crippen LogP contribution is 2.01. The fourth-order valence-corrected chi connectivity index (χ4v) is 1.04. The van der Waals surface area contributed by atoms with Gasteiger partial charge in [-0.05, 0) is 25.8 Å². The van der Waals surface area contributed by atoms with Gasteiger partial charge in [0, 0.05) is 6.61 Å². The number of hydrogen-bond donors (Lipinski definition) is 1. The maximum atomic E-state index is 5.44. The lowest BCUT2D eigenvalue weighted by Crippen LogP contribution is -2.29. The molecule has 0 saturated carbocycles. The van der Waals surface area contributed by atoms with Crippen LogP contribution in [0.4, 0.5) is 0 Å². The Morgan fingerprint density at radius 1 is 1.36 bits per heavy atom. The quantitative estimate of drug-likeness (QED) is 0.633. The van der Waals surface area contributed by atoms with Crippen LogP contribution in [0.5, 0.6) is 0 Å². The van der Waals surface area contributed by atoms with Gasteiger partial charge in [0.25, 0.3) is 0 Å². The lowest BCUT2D eigenvalue weighted by Gasteiger charge is -2.12. The Hall–Kier alpha value is -0.0800. The van der Waals surface area contributed by atoms with Crippen LogP contribution in [0, 0.1) is 0 Å². The summed E-state index contributed by atoms with van der Waals surface area (Å²) >= 11 is 0. The van der Waals surface area contributed by atoms with E-state index in [9.17, 15) is 0 Å². The predicted molar refractivity (Wildman–Crippen MR) is 48.6 cm³/mol. The molecule has 2 nitrogen and oxygen atoms in total. The van der Waals surface area contributed by atoms with E-state index in [0.717, 1.165) is 19.6 Å². The van der Waals surface area contributed by atoms with Gasteiger partial charge in [-0.1, -0.05) is 20.8 Å². The van der Waals surface area contributed by atoms with Gasteiger partial charge in [-0.15, -0.1) is 0 Å². The van der Waals surface area contributed by atoms with Crippen LogP contribution in [0.15, 0.2) is 0 Å². The lowest BCUT2D eigenvalue weighted by atomic mass is 10.3. The molecule has 2 heteroatoms. The van der Waals surface area contributed by atoms with Gasteiger partial charge in [0.2, 0.25) is 0 Å². The summed E-state index contributed by atoms with van der Waals surface area (Å²) in [5.74, 6) is 0. The summed E-state index contributed by atoms with van der Waals surface area (Å²) in [6.45, 7) is 8.20. The minimum atomic E-state index is 0.326. The van der Waals surface area contributed by atoms with Crippen LogP contribution in [-0.2, 0) is 4.74 Å². The smallest absolute Gasteiger partial charge is 0.107 e. The Labute approximate surface area is 70.3 Å². The summed E-state index contributed by atoms with van der Waals surface area (Å²) in [5, 5.41) is 3.31. The van der Waals surface area contributed by atoms with E-state index in [-0.39, 0.29) is 0 Å². The Balaban J connectivity index is 0.000000461. The molecule has 1 aliphatic heterocycles. The SMILES string of the molecule is CC.CCC1NCCCCO1. The van der Waals surface area contributed by atoms with Gasteiger partial charge < -0.3 is 4.74 Å². The minimum absolute atomic E-state index is 0.326. The van der Waals surface area contributed by atoms with Crippen LogP contribution < -0.4 is 5.32 Å². The van der Waals surface area contributed by atoms with Crippen LogP contribution in [0.3, 0.4) is 0 Å². The zero-order valence-electron chi connectivity index (χ0n) is 8.02. The lowest BCUT2D eigenvalue weighted by molar-refractivity contribution is 0.0406. The highest BCUT2D eigenvalue weighted by molar-refractivity contribution is 4.57. The summed E-state index contributed by atoms with van der Waals surface area (Å²) in [6.07, 6.45) is 3.88. The van der Waals surface area contributed by atoms with Crippen LogP contribution >= 0.6 is 0 Å². The predicted octanol–water partition coefficient (Wildman–Crippen LogP) is 2.15. The number of ether oxygens (including phenoxy) is 1. The van der Waals surface area contributed by atoms with Crippen LogP contribution in [0.2, 0.25) is 0 Å². The van der Waals surface area contributed by atoms with Crippen molar-refractivity contribution in [2.45, 2.75) is 46.3 Å². The van der Waals surface area contributed by atoms with E-state index in [1.165, 1.54) is 12.8 Å².